The van der Waals surface area contributed by atoms with Gasteiger partial charge in [-0.1, -0.05) is 35.3 Å². The Bertz CT molecular complexity index is 1120. The van der Waals surface area contributed by atoms with Gasteiger partial charge < -0.3 is 0 Å². The van der Waals surface area contributed by atoms with E-state index in [1.165, 1.54) is 18.3 Å². The van der Waals surface area contributed by atoms with Gasteiger partial charge in [0.15, 0.2) is 0 Å². The number of hydrogen-bond acceptors (Lipinski definition) is 3. The van der Waals surface area contributed by atoms with Crippen molar-refractivity contribution in [3.05, 3.63) is 75.7 Å². The predicted octanol–water partition coefficient (Wildman–Crippen LogP) is 5.61. The Labute approximate surface area is 167 Å². The summed E-state index contributed by atoms with van der Waals surface area (Å²) in [7, 11) is -3.86. The van der Waals surface area contributed by atoms with Crippen molar-refractivity contribution in [1.82, 2.24) is 4.98 Å². The van der Waals surface area contributed by atoms with Crippen LogP contribution in [0.5, 0.6) is 0 Å². The van der Waals surface area contributed by atoms with Crippen molar-refractivity contribution < 1.29 is 12.8 Å². The van der Waals surface area contributed by atoms with Crippen molar-refractivity contribution in [3.8, 4) is 11.1 Å². The summed E-state index contributed by atoms with van der Waals surface area (Å²) >= 11 is 12.1. The zero-order valence-electron chi connectivity index (χ0n) is 14.4. The first kappa shape index (κ1) is 19.6. The van der Waals surface area contributed by atoms with E-state index >= 15 is 0 Å². The van der Waals surface area contributed by atoms with Gasteiger partial charge in [-0.15, -0.1) is 0 Å². The monoisotopic (exact) mass is 424 g/mol. The van der Waals surface area contributed by atoms with Crippen molar-refractivity contribution in [2.45, 2.75) is 18.7 Å². The second-order valence-corrected chi connectivity index (χ2v) is 8.42. The second-order valence-electron chi connectivity index (χ2n) is 5.95. The summed E-state index contributed by atoms with van der Waals surface area (Å²) in [5, 5.41) is 0.605. The third kappa shape index (κ3) is 3.93. The lowest BCUT2D eigenvalue weighted by Crippen LogP contribution is -2.15. The molecule has 4 nitrogen and oxygen atoms in total. The third-order valence-corrected chi connectivity index (χ3v) is 6.31. The number of halogens is 3. The van der Waals surface area contributed by atoms with Crippen molar-refractivity contribution >= 4 is 39.0 Å². The highest BCUT2D eigenvalue weighted by Crippen LogP contribution is 2.32. The quantitative estimate of drug-likeness (QED) is 0.591. The average molecular weight is 425 g/mol. The van der Waals surface area contributed by atoms with Crippen molar-refractivity contribution in [2.24, 2.45) is 0 Å². The van der Waals surface area contributed by atoms with Gasteiger partial charge in [0.05, 0.1) is 9.92 Å². The van der Waals surface area contributed by atoms with Crippen LogP contribution in [-0.4, -0.2) is 13.4 Å². The topological polar surface area (TPSA) is 59.1 Å². The van der Waals surface area contributed by atoms with Crippen LogP contribution in [0.2, 0.25) is 10.0 Å². The first-order chi connectivity index (χ1) is 12.7. The molecule has 3 rings (SSSR count). The molecule has 2 aromatic carbocycles. The Hall–Kier alpha value is -2.15. The zero-order chi connectivity index (χ0) is 19.8. The van der Waals surface area contributed by atoms with Gasteiger partial charge in [0.2, 0.25) is 0 Å². The smallest absolute Gasteiger partial charge is 0.263 e. The molecular weight excluding hydrogens is 410 g/mol. The number of benzene rings is 2. The van der Waals surface area contributed by atoms with Crippen LogP contribution in [-0.2, 0) is 10.0 Å². The molecule has 3 aromatic rings. The van der Waals surface area contributed by atoms with Gasteiger partial charge >= 0.3 is 0 Å². The summed E-state index contributed by atoms with van der Waals surface area (Å²) in [5.41, 5.74) is 1.57. The molecule has 0 radical (unpaired) electrons. The molecule has 1 heterocycles. The summed E-state index contributed by atoms with van der Waals surface area (Å²) in [6.45, 7) is 3.26. The predicted molar refractivity (Wildman–Crippen MR) is 106 cm³/mol. The first-order valence-electron chi connectivity index (χ1n) is 7.89. The minimum atomic E-state index is -3.86. The highest BCUT2D eigenvalue weighted by Gasteiger charge is 2.19. The molecule has 0 spiro atoms. The van der Waals surface area contributed by atoms with Gasteiger partial charge in [-0.2, -0.15) is 0 Å². The molecule has 1 N–H and O–H groups in total. The molecule has 0 amide bonds. The van der Waals surface area contributed by atoms with Crippen LogP contribution in [0.15, 0.2) is 53.6 Å². The molecule has 0 aliphatic rings. The van der Waals surface area contributed by atoms with Gasteiger partial charge in [-0.25, -0.2) is 17.8 Å². The molecule has 0 aliphatic heterocycles. The van der Waals surface area contributed by atoms with Gasteiger partial charge in [0.25, 0.3) is 10.0 Å². The van der Waals surface area contributed by atoms with E-state index in [1.807, 2.05) is 0 Å². The maximum atomic E-state index is 14.4. The first-order valence-corrected chi connectivity index (χ1v) is 10.1. The van der Waals surface area contributed by atoms with Crippen LogP contribution in [0.25, 0.3) is 11.1 Å². The summed E-state index contributed by atoms with van der Waals surface area (Å²) in [6.07, 6.45) is 1.37. The lowest BCUT2D eigenvalue weighted by molar-refractivity contribution is 0.600. The summed E-state index contributed by atoms with van der Waals surface area (Å²) in [4.78, 5) is 4.14. The van der Waals surface area contributed by atoms with E-state index in [2.05, 4.69) is 9.71 Å². The molecule has 0 unspecified atom stereocenters. The molecule has 0 saturated carbocycles. The standard InChI is InChI=1S/C19H15Cl2FN2O2S/c1-11-6-8-15(21)18(19(11)22)13-7-9-17(23-10-13)24-27(25,26)16-5-3-4-14(20)12(16)2/h3-10H,1-2H3,(H,23,24). The molecule has 0 atom stereocenters. The zero-order valence-corrected chi connectivity index (χ0v) is 16.8. The molecule has 140 valence electrons. The lowest BCUT2D eigenvalue weighted by atomic mass is 10.0. The number of nitrogens with one attached hydrogen (secondary N) is 1. The Balaban J connectivity index is 1.93. The Morgan fingerprint density at radius 2 is 1.74 bits per heavy atom. The van der Waals surface area contributed by atoms with E-state index in [0.717, 1.165) is 0 Å². The molecule has 8 heteroatoms. The normalized spacial score (nSPS) is 11.4. The molecule has 1 aromatic heterocycles. The van der Waals surface area contributed by atoms with Gasteiger partial charge in [-0.05, 0) is 55.3 Å². The molecule has 27 heavy (non-hydrogen) atoms. The highest BCUT2D eigenvalue weighted by molar-refractivity contribution is 7.92. The molecule has 0 aliphatic carbocycles. The van der Waals surface area contributed by atoms with Crippen LogP contribution >= 0.6 is 23.2 Å². The molecular formula is C19H15Cl2FN2O2S. The number of aryl methyl sites for hydroxylation is 1. The Kier molecular flexibility index (Phi) is 5.42. The minimum Gasteiger partial charge on any atom is -0.263 e. The van der Waals surface area contributed by atoms with Crippen molar-refractivity contribution in [1.29, 1.82) is 0 Å². The van der Waals surface area contributed by atoms with Crippen molar-refractivity contribution in [3.63, 3.8) is 0 Å². The summed E-state index contributed by atoms with van der Waals surface area (Å²) < 4.78 is 42.0. The fraction of sp³-hybridized carbons (Fsp3) is 0.105. The third-order valence-electron chi connectivity index (χ3n) is 4.08. The number of hydrogen-bond donors (Lipinski definition) is 1. The summed E-state index contributed by atoms with van der Waals surface area (Å²) in [5.74, 6) is -0.338. The van der Waals surface area contributed by atoms with Crippen LogP contribution < -0.4 is 4.72 Å². The maximum Gasteiger partial charge on any atom is 0.263 e. The van der Waals surface area contributed by atoms with E-state index in [9.17, 15) is 12.8 Å². The fourth-order valence-corrected chi connectivity index (χ4v) is 4.36. The largest absolute Gasteiger partial charge is 0.263 e. The molecule has 0 bridgehead atoms. The number of sulfonamides is 1. The number of aromatic nitrogens is 1. The van der Waals surface area contributed by atoms with E-state index in [0.29, 0.717) is 21.7 Å². The van der Waals surface area contributed by atoms with Gasteiger partial charge in [-0.3, -0.25) is 4.72 Å². The lowest BCUT2D eigenvalue weighted by Gasteiger charge is -2.12. The number of nitrogens with zero attached hydrogens (tertiary/aromatic N) is 1. The highest BCUT2D eigenvalue weighted by atomic mass is 35.5. The SMILES string of the molecule is Cc1ccc(Cl)c(-c2ccc(NS(=O)(=O)c3cccc(Cl)c3C)nc2)c1F. The molecule has 0 fully saturated rings. The Morgan fingerprint density at radius 3 is 2.41 bits per heavy atom. The second kappa shape index (κ2) is 7.46. The summed E-state index contributed by atoms with van der Waals surface area (Å²) in [6, 6.07) is 10.8. The number of pyridine rings is 1. The van der Waals surface area contributed by atoms with E-state index in [1.54, 1.807) is 44.2 Å². The van der Waals surface area contributed by atoms with Gasteiger partial charge in [0.1, 0.15) is 11.6 Å². The van der Waals surface area contributed by atoms with E-state index < -0.39 is 15.8 Å². The maximum absolute atomic E-state index is 14.4. The van der Waals surface area contributed by atoms with Gasteiger partial charge in [0, 0.05) is 22.3 Å². The van der Waals surface area contributed by atoms with E-state index in [-0.39, 0.29) is 21.3 Å². The van der Waals surface area contributed by atoms with Crippen LogP contribution in [0, 0.1) is 19.7 Å². The van der Waals surface area contributed by atoms with Crippen LogP contribution in [0.1, 0.15) is 11.1 Å². The molecule has 0 saturated heterocycles. The number of anilines is 1. The van der Waals surface area contributed by atoms with Crippen molar-refractivity contribution in [2.75, 3.05) is 4.72 Å². The number of rotatable bonds is 4. The minimum absolute atomic E-state index is 0.0636. The van der Waals surface area contributed by atoms with Crippen LogP contribution in [0.4, 0.5) is 10.2 Å². The van der Waals surface area contributed by atoms with E-state index in [4.69, 9.17) is 23.2 Å². The fourth-order valence-electron chi connectivity index (χ4n) is 2.59. The van der Waals surface area contributed by atoms with Crippen LogP contribution in [0.3, 0.4) is 0 Å². The average Bonchev–Trinajstić information content (AvgIpc) is 2.62. The Morgan fingerprint density at radius 1 is 1.00 bits per heavy atom.